The number of aliphatic hydroxyl groups excluding tert-OH is 1. The summed E-state index contributed by atoms with van der Waals surface area (Å²) < 4.78 is 6.74. The standard InChI is InChI=1S/C28H39NO2/c1-16(2)24-22-23(21-19(29-24)14-27(6,7)15-20(21)30)28(8,9)31-25(22)17-10-12-18(13-11-17)26(3,4)5/h10-13,16,20,25,30H,14-15H2,1-9H3/t20?,25-/m1/s1. The molecule has 0 saturated carbocycles. The Morgan fingerprint density at radius 2 is 1.65 bits per heavy atom. The first-order valence-corrected chi connectivity index (χ1v) is 11.7. The fourth-order valence-corrected chi connectivity index (χ4v) is 5.49. The van der Waals surface area contributed by atoms with Crippen molar-refractivity contribution in [3.8, 4) is 0 Å². The molecule has 3 nitrogen and oxygen atoms in total. The second-order valence-electron chi connectivity index (χ2n) is 12.2. The second-order valence-corrected chi connectivity index (χ2v) is 12.2. The third-order valence-corrected chi connectivity index (χ3v) is 7.01. The van der Waals surface area contributed by atoms with E-state index in [0.717, 1.165) is 35.4 Å². The topological polar surface area (TPSA) is 42.4 Å². The minimum atomic E-state index is -0.494. The van der Waals surface area contributed by atoms with Crippen LogP contribution in [0.4, 0.5) is 0 Å². The van der Waals surface area contributed by atoms with Gasteiger partial charge in [0.25, 0.3) is 0 Å². The molecule has 0 amide bonds. The van der Waals surface area contributed by atoms with Crippen molar-refractivity contribution in [3.05, 3.63) is 63.5 Å². The predicted octanol–water partition coefficient (Wildman–Crippen LogP) is 6.86. The van der Waals surface area contributed by atoms with Crippen molar-refractivity contribution in [1.29, 1.82) is 0 Å². The maximum atomic E-state index is 11.2. The number of rotatable bonds is 2. The lowest BCUT2D eigenvalue weighted by atomic mass is 9.71. The number of fused-ring (bicyclic) bond motifs is 3. The smallest absolute Gasteiger partial charge is 0.111 e. The fourth-order valence-electron chi connectivity index (χ4n) is 5.49. The molecule has 2 heterocycles. The molecule has 2 atom stereocenters. The molecule has 1 aromatic carbocycles. The first-order valence-electron chi connectivity index (χ1n) is 11.7. The third-order valence-electron chi connectivity index (χ3n) is 7.01. The van der Waals surface area contributed by atoms with Gasteiger partial charge in [-0.2, -0.15) is 0 Å². The van der Waals surface area contributed by atoms with Gasteiger partial charge < -0.3 is 9.84 Å². The first-order chi connectivity index (χ1) is 14.2. The molecule has 1 aromatic heterocycles. The molecule has 4 rings (SSSR count). The monoisotopic (exact) mass is 421 g/mol. The Morgan fingerprint density at radius 3 is 2.19 bits per heavy atom. The number of ether oxygens (including phenoxy) is 1. The number of pyridine rings is 1. The second kappa shape index (κ2) is 7.15. The van der Waals surface area contributed by atoms with Crippen molar-refractivity contribution in [2.24, 2.45) is 5.41 Å². The average molecular weight is 422 g/mol. The minimum Gasteiger partial charge on any atom is -0.388 e. The summed E-state index contributed by atoms with van der Waals surface area (Å²) >= 11 is 0. The van der Waals surface area contributed by atoms with Crippen LogP contribution in [0.3, 0.4) is 0 Å². The molecule has 31 heavy (non-hydrogen) atoms. The molecule has 1 unspecified atom stereocenters. The van der Waals surface area contributed by atoms with Crippen LogP contribution in [-0.4, -0.2) is 10.1 Å². The fraction of sp³-hybridized carbons (Fsp3) is 0.607. The lowest BCUT2D eigenvalue weighted by Gasteiger charge is -2.37. The van der Waals surface area contributed by atoms with E-state index >= 15 is 0 Å². The van der Waals surface area contributed by atoms with Gasteiger partial charge in [0.1, 0.15) is 6.10 Å². The molecule has 1 N–H and O–H groups in total. The first kappa shape index (κ1) is 22.5. The van der Waals surface area contributed by atoms with Crippen LogP contribution in [0.25, 0.3) is 0 Å². The summed E-state index contributed by atoms with van der Waals surface area (Å²) in [6, 6.07) is 8.86. The SMILES string of the molecule is CC(C)c1nc2c(c3c1[C@@H](c1ccc(C(C)(C)C)cc1)OC3(C)C)C(O)CC(C)(C)C2. The summed E-state index contributed by atoms with van der Waals surface area (Å²) in [5.41, 5.74) is 7.74. The van der Waals surface area contributed by atoms with E-state index in [1.807, 2.05) is 0 Å². The summed E-state index contributed by atoms with van der Waals surface area (Å²) in [6.07, 6.45) is 1.01. The van der Waals surface area contributed by atoms with Crippen LogP contribution in [0.2, 0.25) is 0 Å². The quantitative estimate of drug-likeness (QED) is 0.576. The Balaban J connectivity index is 1.92. The molecule has 2 aliphatic rings. The van der Waals surface area contributed by atoms with Crippen molar-refractivity contribution < 1.29 is 9.84 Å². The number of aromatic nitrogens is 1. The van der Waals surface area contributed by atoms with E-state index in [1.54, 1.807) is 0 Å². The predicted molar refractivity (Wildman–Crippen MR) is 126 cm³/mol. The molecular formula is C28H39NO2. The highest BCUT2D eigenvalue weighted by molar-refractivity contribution is 5.53. The lowest BCUT2D eigenvalue weighted by Crippen LogP contribution is -2.30. The molecular weight excluding hydrogens is 382 g/mol. The zero-order valence-electron chi connectivity index (χ0n) is 20.8. The molecule has 0 saturated heterocycles. The minimum absolute atomic E-state index is 0.0493. The van der Waals surface area contributed by atoms with E-state index < -0.39 is 11.7 Å². The summed E-state index contributed by atoms with van der Waals surface area (Å²) in [4.78, 5) is 5.19. The summed E-state index contributed by atoms with van der Waals surface area (Å²) in [6.45, 7) is 19.9. The highest BCUT2D eigenvalue weighted by Gasteiger charge is 2.47. The van der Waals surface area contributed by atoms with Crippen molar-refractivity contribution in [3.63, 3.8) is 0 Å². The van der Waals surface area contributed by atoms with Gasteiger partial charge in [-0.05, 0) is 60.1 Å². The van der Waals surface area contributed by atoms with Crippen molar-refractivity contribution in [2.75, 3.05) is 0 Å². The molecule has 0 spiro atoms. The van der Waals surface area contributed by atoms with Gasteiger partial charge >= 0.3 is 0 Å². The highest BCUT2D eigenvalue weighted by atomic mass is 16.5. The number of benzene rings is 1. The summed E-state index contributed by atoms with van der Waals surface area (Å²) in [5, 5.41) is 11.2. The van der Waals surface area contributed by atoms with Crippen molar-refractivity contribution >= 4 is 0 Å². The maximum absolute atomic E-state index is 11.2. The van der Waals surface area contributed by atoms with Crippen LogP contribution in [0.1, 0.15) is 126 Å². The van der Waals surface area contributed by atoms with E-state index in [0.29, 0.717) is 0 Å². The summed E-state index contributed by atoms with van der Waals surface area (Å²) in [5.74, 6) is 0.287. The van der Waals surface area contributed by atoms with Crippen molar-refractivity contribution in [1.82, 2.24) is 4.98 Å². The van der Waals surface area contributed by atoms with E-state index in [-0.39, 0.29) is 22.9 Å². The highest BCUT2D eigenvalue weighted by Crippen LogP contribution is 2.54. The van der Waals surface area contributed by atoms with Crippen LogP contribution in [-0.2, 0) is 22.2 Å². The zero-order valence-corrected chi connectivity index (χ0v) is 20.8. The molecule has 2 aromatic rings. The third kappa shape index (κ3) is 3.85. The van der Waals surface area contributed by atoms with Crippen molar-refractivity contribution in [2.45, 2.75) is 104 Å². The normalized spacial score (nSPS) is 24.2. The van der Waals surface area contributed by atoms with Gasteiger partial charge in [-0.3, -0.25) is 4.98 Å². The Kier molecular flexibility index (Phi) is 5.18. The van der Waals surface area contributed by atoms with Crippen LogP contribution in [0.5, 0.6) is 0 Å². The van der Waals surface area contributed by atoms with E-state index in [9.17, 15) is 5.11 Å². The molecule has 1 aliphatic carbocycles. The summed E-state index contributed by atoms with van der Waals surface area (Å²) in [7, 11) is 0. The van der Waals surface area contributed by atoms with Gasteiger partial charge in [0.05, 0.1) is 11.7 Å². The number of hydrogen-bond acceptors (Lipinski definition) is 3. The Bertz CT molecular complexity index is 993. The molecule has 168 valence electrons. The number of nitrogens with zero attached hydrogens (tertiary/aromatic N) is 1. The largest absolute Gasteiger partial charge is 0.388 e. The van der Waals surface area contributed by atoms with Crippen LogP contribution in [0, 0.1) is 5.41 Å². The Labute approximate surface area is 188 Å². The Hall–Kier alpha value is -1.71. The van der Waals surface area contributed by atoms with Crippen LogP contribution >= 0.6 is 0 Å². The molecule has 0 radical (unpaired) electrons. The van der Waals surface area contributed by atoms with Gasteiger partial charge in [0, 0.05) is 22.5 Å². The lowest BCUT2D eigenvalue weighted by molar-refractivity contribution is -0.0360. The molecule has 3 heteroatoms. The zero-order chi connectivity index (χ0) is 22.9. The van der Waals surface area contributed by atoms with Gasteiger partial charge in [-0.1, -0.05) is 72.7 Å². The van der Waals surface area contributed by atoms with Crippen LogP contribution in [0.15, 0.2) is 24.3 Å². The Morgan fingerprint density at radius 1 is 1.03 bits per heavy atom. The molecule has 0 fully saturated rings. The van der Waals surface area contributed by atoms with Gasteiger partial charge in [-0.15, -0.1) is 0 Å². The number of aliphatic hydroxyl groups is 1. The number of hydrogen-bond donors (Lipinski definition) is 1. The maximum Gasteiger partial charge on any atom is 0.111 e. The average Bonchev–Trinajstić information content (AvgIpc) is 2.90. The van der Waals surface area contributed by atoms with Gasteiger partial charge in [0.2, 0.25) is 0 Å². The van der Waals surface area contributed by atoms with E-state index in [4.69, 9.17) is 9.72 Å². The molecule has 1 aliphatic heterocycles. The molecule has 0 bridgehead atoms. The van der Waals surface area contributed by atoms with Gasteiger partial charge in [0.15, 0.2) is 0 Å². The van der Waals surface area contributed by atoms with E-state index in [2.05, 4.69) is 86.6 Å². The van der Waals surface area contributed by atoms with Gasteiger partial charge in [-0.25, -0.2) is 0 Å². The van der Waals surface area contributed by atoms with E-state index in [1.165, 1.54) is 16.7 Å². The van der Waals surface area contributed by atoms with Crippen LogP contribution < -0.4 is 0 Å².